The molecule has 1 fully saturated rings. The molecule has 3 heterocycles. The molecule has 0 aliphatic carbocycles. The zero-order valence-corrected chi connectivity index (χ0v) is 13.3. The molecule has 1 N–H and O–H groups in total. The molecule has 2 aromatic rings. The molecule has 6 heteroatoms. The van der Waals surface area contributed by atoms with E-state index in [4.69, 9.17) is 4.98 Å². The van der Waals surface area contributed by atoms with Crippen molar-refractivity contribution in [2.24, 2.45) is 0 Å². The second kappa shape index (κ2) is 5.40. The maximum absolute atomic E-state index is 13.0. The molecule has 3 nitrogen and oxygen atoms in total. The number of alkyl halides is 3. The number of fused-ring (bicyclic) bond motifs is 4. The van der Waals surface area contributed by atoms with Crippen LogP contribution in [0, 0.1) is 0 Å². The van der Waals surface area contributed by atoms with Gasteiger partial charge in [-0.1, -0.05) is 19.1 Å². The minimum Gasteiger partial charge on any atom is -0.366 e. The van der Waals surface area contributed by atoms with Gasteiger partial charge in [-0.05, 0) is 36.6 Å². The molecule has 24 heavy (non-hydrogen) atoms. The molecule has 1 aromatic carbocycles. The average molecular weight is 333 g/mol. The third-order valence-corrected chi connectivity index (χ3v) is 4.80. The number of aryl methyl sites for hydroxylation is 1. The Kier molecular flexibility index (Phi) is 3.44. The number of nitrogens with zero attached hydrogens (tertiary/aromatic N) is 2. The molecular formula is C18H18F3N3. The zero-order chi connectivity index (χ0) is 16.9. The van der Waals surface area contributed by atoms with E-state index in [0.29, 0.717) is 17.3 Å². The number of anilines is 2. The van der Waals surface area contributed by atoms with Gasteiger partial charge in [-0.2, -0.15) is 13.2 Å². The van der Waals surface area contributed by atoms with Crippen molar-refractivity contribution in [2.45, 2.75) is 32.0 Å². The summed E-state index contributed by atoms with van der Waals surface area (Å²) in [5, 5.41) is 3.42. The number of rotatable bonds is 2. The first kappa shape index (κ1) is 15.3. The lowest BCUT2D eigenvalue weighted by molar-refractivity contribution is -0.137. The van der Waals surface area contributed by atoms with E-state index in [1.165, 1.54) is 12.1 Å². The topological polar surface area (TPSA) is 28.2 Å². The summed E-state index contributed by atoms with van der Waals surface area (Å²) in [5.41, 5.74) is 2.55. The highest BCUT2D eigenvalue weighted by atomic mass is 19.4. The molecule has 0 saturated carbocycles. The molecule has 1 atom stereocenters. The van der Waals surface area contributed by atoms with Crippen LogP contribution in [-0.2, 0) is 12.6 Å². The van der Waals surface area contributed by atoms with Gasteiger partial charge in [0, 0.05) is 24.7 Å². The largest absolute Gasteiger partial charge is 0.416 e. The highest BCUT2D eigenvalue weighted by Crippen LogP contribution is 2.39. The van der Waals surface area contributed by atoms with Crippen LogP contribution in [0.25, 0.3) is 11.3 Å². The standard InChI is InChI=1S/C18H18F3N3/c1-2-11-9-15-17(22-14-6-7-24(15)10-14)23-16(11)12-4-3-5-13(8-12)18(19,20)21/h3-5,8-9,14H,2,6-7,10H2,1H3,(H,22,23). The first-order valence-electron chi connectivity index (χ1n) is 8.18. The molecule has 126 valence electrons. The summed E-state index contributed by atoms with van der Waals surface area (Å²) in [6, 6.07) is 7.88. The third-order valence-electron chi connectivity index (χ3n) is 4.80. The number of hydrogen-bond acceptors (Lipinski definition) is 3. The van der Waals surface area contributed by atoms with Gasteiger partial charge in [-0.15, -0.1) is 0 Å². The van der Waals surface area contributed by atoms with Crippen LogP contribution in [0.5, 0.6) is 0 Å². The highest BCUT2D eigenvalue weighted by Gasteiger charge is 2.33. The number of hydrogen-bond donors (Lipinski definition) is 1. The van der Waals surface area contributed by atoms with E-state index in [0.717, 1.165) is 49.1 Å². The maximum Gasteiger partial charge on any atom is 0.416 e. The Labute approximate surface area is 138 Å². The normalized spacial score (nSPS) is 19.2. The number of aromatic nitrogens is 1. The van der Waals surface area contributed by atoms with Crippen LogP contribution in [-0.4, -0.2) is 24.1 Å². The van der Waals surface area contributed by atoms with Gasteiger partial charge in [-0.3, -0.25) is 0 Å². The maximum atomic E-state index is 13.0. The van der Waals surface area contributed by atoms with Gasteiger partial charge in [0.2, 0.25) is 0 Å². The van der Waals surface area contributed by atoms with Gasteiger partial charge in [0.15, 0.2) is 5.82 Å². The van der Waals surface area contributed by atoms with Gasteiger partial charge in [0.25, 0.3) is 0 Å². The Morgan fingerprint density at radius 2 is 2.12 bits per heavy atom. The smallest absolute Gasteiger partial charge is 0.366 e. The fraction of sp³-hybridized carbons (Fsp3) is 0.389. The van der Waals surface area contributed by atoms with Crippen molar-refractivity contribution >= 4 is 11.5 Å². The molecule has 1 unspecified atom stereocenters. The lowest BCUT2D eigenvalue weighted by atomic mass is 10.0. The molecule has 2 aliphatic rings. The van der Waals surface area contributed by atoms with Gasteiger partial charge in [-0.25, -0.2) is 4.98 Å². The molecule has 0 radical (unpaired) electrons. The number of nitrogens with one attached hydrogen (secondary N) is 1. The summed E-state index contributed by atoms with van der Waals surface area (Å²) >= 11 is 0. The Bertz CT molecular complexity index is 786. The molecule has 2 bridgehead atoms. The molecule has 0 spiro atoms. The molecule has 1 aromatic heterocycles. The summed E-state index contributed by atoms with van der Waals surface area (Å²) in [6.45, 7) is 3.97. The van der Waals surface area contributed by atoms with Gasteiger partial charge >= 0.3 is 6.18 Å². The van der Waals surface area contributed by atoms with Crippen molar-refractivity contribution in [1.29, 1.82) is 0 Å². The van der Waals surface area contributed by atoms with Crippen molar-refractivity contribution in [3.05, 3.63) is 41.5 Å². The Morgan fingerprint density at radius 1 is 1.29 bits per heavy atom. The summed E-state index contributed by atoms with van der Waals surface area (Å²) < 4.78 is 39.0. The number of halogens is 3. The van der Waals surface area contributed by atoms with Crippen molar-refractivity contribution in [1.82, 2.24) is 4.98 Å². The van der Waals surface area contributed by atoms with Crippen LogP contribution < -0.4 is 10.2 Å². The van der Waals surface area contributed by atoms with Crippen LogP contribution in [0.4, 0.5) is 24.7 Å². The fourth-order valence-electron chi connectivity index (χ4n) is 3.54. The minimum atomic E-state index is -4.35. The molecule has 1 saturated heterocycles. The van der Waals surface area contributed by atoms with Crippen LogP contribution in [0.3, 0.4) is 0 Å². The lowest BCUT2D eigenvalue weighted by Crippen LogP contribution is -2.32. The first-order valence-corrected chi connectivity index (χ1v) is 8.18. The van der Waals surface area contributed by atoms with E-state index in [1.54, 1.807) is 6.07 Å². The Balaban J connectivity index is 1.83. The van der Waals surface area contributed by atoms with Crippen molar-refractivity contribution < 1.29 is 13.2 Å². The summed E-state index contributed by atoms with van der Waals surface area (Å²) in [5.74, 6) is 0.786. The molecule has 4 rings (SSSR count). The van der Waals surface area contributed by atoms with E-state index >= 15 is 0 Å². The highest BCUT2D eigenvalue weighted by molar-refractivity contribution is 5.77. The minimum absolute atomic E-state index is 0.381. The van der Waals surface area contributed by atoms with E-state index in [2.05, 4.69) is 16.3 Å². The fourth-order valence-corrected chi connectivity index (χ4v) is 3.54. The van der Waals surface area contributed by atoms with Crippen LogP contribution >= 0.6 is 0 Å². The zero-order valence-electron chi connectivity index (χ0n) is 13.3. The van der Waals surface area contributed by atoms with Gasteiger partial charge in [0.05, 0.1) is 16.9 Å². The number of pyridine rings is 1. The van der Waals surface area contributed by atoms with Crippen LogP contribution in [0.15, 0.2) is 30.3 Å². The second-order valence-corrected chi connectivity index (χ2v) is 6.37. The van der Waals surface area contributed by atoms with Crippen molar-refractivity contribution in [3.63, 3.8) is 0 Å². The average Bonchev–Trinajstić information content (AvgIpc) is 2.96. The Morgan fingerprint density at radius 3 is 2.88 bits per heavy atom. The van der Waals surface area contributed by atoms with Crippen LogP contribution in [0.2, 0.25) is 0 Å². The molecular weight excluding hydrogens is 315 g/mol. The SMILES string of the molecule is CCc1cc2c(nc1-c1cccc(C(F)(F)F)c1)NC1CCN2C1. The van der Waals surface area contributed by atoms with E-state index in [9.17, 15) is 13.2 Å². The predicted molar refractivity (Wildman–Crippen MR) is 88.3 cm³/mol. The van der Waals surface area contributed by atoms with E-state index in [1.807, 2.05) is 6.92 Å². The van der Waals surface area contributed by atoms with Gasteiger partial charge < -0.3 is 10.2 Å². The van der Waals surface area contributed by atoms with E-state index < -0.39 is 11.7 Å². The summed E-state index contributed by atoms with van der Waals surface area (Å²) in [7, 11) is 0. The first-order chi connectivity index (χ1) is 11.5. The third kappa shape index (κ3) is 2.50. The summed E-state index contributed by atoms with van der Waals surface area (Å²) in [6.07, 6.45) is -2.56. The number of benzene rings is 1. The predicted octanol–water partition coefficient (Wildman–Crippen LogP) is 4.33. The molecule has 2 aliphatic heterocycles. The second-order valence-electron chi connectivity index (χ2n) is 6.37. The Hall–Kier alpha value is -2.24. The monoisotopic (exact) mass is 333 g/mol. The quantitative estimate of drug-likeness (QED) is 0.886. The van der Waals surface area contributed by atoms with Crippen LogP contribution in [0.1, 0.15) is 24.5 Å². The van der Waals surface area contributed by atoms with Gasteiger partial charge in [0.1, 0.15) is 0 Å². The van der Waals surface area contributed by atoms with E-state index in [-0.39, 0.29) is 0 Å². The molecule has 0 amide bonds. The van der Waals surface area contributed by atoms with Crippen molar-refractivity contribution in [2.75, 3.05) is 23.3 Å². The summed E-state index contributed by atoms with van der Waals surface area (Å²) in [4.78, 5) is 7.00. The lowest BCUT2D eigenvalue weighted by Gasteiger charge is -2.29. The van der Waals surface area contributed by atoms with Crippen molar-refractivity contribution in [3.8, 4) is 11.3 Å².